The molecule has 1 N–H and O–H groups in total. The van der Waals surface area contributed by atoms with Gasteiger partial charge in [-0.25, -0.2) is 0 Å². The molecule has 0 spiro atoms. The van der Waals surface area contributed by atoms with Crippen molar-refractivity contribution in [2.24, 2.45) is 0 Å². The van der Waals surface area contributed by atoms with E-state index in [1.54, 1.807) is 11.3 Å². The van der Waals surface area contributed by atoms with Crippen molar-refractivity contribution in [3.63, 3.8) is 0 Å². The molecule has 15 heavy (non-hydrogen) atoms. The summed E-state index contributed by atoms with van der Waals surface area (Å²) in [5.74, 6) is 6.20. The van der Waals surface area contributed by atoms with E-state index in [4.69, 9.17) is 0 Å². The van der Waals surface area contributed by atoms with E-state index in [0.717, 1.165) is 31.2 Å². The summed E-state index contributed by atoms with van der Waals surface area (Å²) in [5, 5.41) is 14.3. The summed E-state index contributed by atoms with van der Waals surface area (Å²) >= 11 is 1.66. The van der Waals surface area contributed by atoms with Gasteiger partial charge in [-0.1, -0.05) is 31.1 Å². The van der Waals surface area contributed by atoms with Crippen LogP contribution in [-0.4, -0.2) is 10.7 Å². The summed E-state index contributed by atoms with van der Waals surface area (Å²) in [4.78, 5) is 0. The van der Waals surface area contributed by atoms with Gasteiger partial charge in [-0.2, -0.15) is 11.3 Å². The molecule has 2 rings (SSSR count). The fourth-order valence-electron chi connectivity index (χ4n) is 2.03. The van der Waals surface area contributed by atoms with Gasteiger partial charge in [0.2, 0.25) is 0 Å². The fraction of sp³-hybridized carbons (Fsp3) is 0.538. The van der Waals surface area contributed by atoms with Crippen molar-refractivity contribution < 1.29 is 5.11 Å². The molecule has 1 saturated carbocycles. The Labute approximate surface area is 95.1 Å². The summed E-state index contributed by atoms with van der Waals surface area (Å²) < 4.78 is 0. The maximum atomic E-state index is 10.2. The van der Waals surface area contributed by atoms with Crippen LogP contribution in [0.3, 0.4) is 0 Å². The lowest BCUT2D eigenvalue weighted by atomic mass is 9.83. The molecule has 1 aliphatic carbocycles. The Morgan fingerprint density at radius 3 is 2.80 bits per heavy atom. The molecule has 0 saturated heterocycles. The second kappa shape index (κ2) is 4.83. The molecule has 1 fully saturated rings. The normalized spacial score (nSPS) is 19.3. The Bertz CT molecular complexity index is 350. The van der Waals surface area contributed by atoms with E-state index in [-0.39, 0.29) is 0 Å². The minimum atomic E-state index is -0.499. The van der Waals surface area contributed by atoms with Crippen LogP contribution in [0.1, 0.15) is 44.1 Å². The molecule has 0 unspecified atom stereocenters. The van der Waals surface area contributed by atoms with E-state index < -0.39 is 5.60 Å². The molecular weight excluding hydrogens is 204 g/mol. The summed E-state index contributed by atoms with van der Waals surface area (Å²) in [5.41, 5.74) is 0.570. The minimum Gasteiger partial charge on any atom is -0.389 e. The first-order valence-corrected chi connectivity index (χ1v) is 6.46. The molecule has 2 heteroatoms. The lowest BCUT2D eigenvalue weighted by Gasteiger charge is -2.30. The molecule has 0 bridgehead atoms. The van der Waals surface area contributed by atoms with E-state index in [9.17, 15) is 5.11 Å². The largest absolute Gasteiger partial charge is 0.389 e. The topological polar surface area (TPSA) is 20.2 Å². The van der Waals surface area contributed by atoms with Crippen LogP contribution >= 0.6 is 11.3 Å². The second-order valence-corrected chi connectivity index (χ2v) is 5.06. The van der Waals surface area contributed by atoms with Gasteiger partial charge in [0.25, 0.3) is 0 Å². The van der Waals surface area contributed by atoms with E-state index in [1.807, 2.05) is 16.8 Å². The standard InChI is InChI=1S/C13H16OS/c14-13(7-2-1-3-8-13)9-4-5-12-6-10-15-11-12/h6,10-11,14H,1-3,7-9H2. The van der Waals surface area contributed by atoms with Crippen LogP contribution in [-0.2, 0) is 0 Å². The molecule has 0 aliphatic heterocycles. The van der Waals surface area contributed by atoms with Crippen molar-refractivity contribution in [2.75, 3.05) is 0 Å². The van der Waals surface area contributed by atoms with Crippen LogP contribution < -0.4 is 0 Å². The van der Waals surface area contributed by atoms with Crippen LogP contribution in [0.25, 0.3) is 0 Å². The van der Waals surface area contributed by atoms with Gasteiger partial charge >= 0.3 is 0 Å². The molecule has 80 valence electrons. The quantitative estimate of drug-likeness (QED) is 0.721. The lowest BCUT2D eigenvalue weighted by Crippen LogP contribution is -2.30. The molecule has 1 nitrogen and oxygen atoms in total. The van der Waals surface area contributed by atoms with Gasteiger partial charge in [0, 0.05) is 17.4 Å². The Hall–Kier alpha value is -0.780. The van der Waals surface area contributed by atoms with Gasteiger partial charge in [-0.05, 0) is 24.3 Å². The maximum absolute atomic E-state index is 10.2. The zero-order valence-corrected chi connectivity index (χ0v) is 9.65. The summed E-state index contributed by atoms with van der Waals surface area (Å²) in [6.45, 7) is 0. The summed E-state index contributed by atoms with van der Waals surface area (Å²) in [7, 11) is 0. The smallest absolute Gasteiger partial charge is 0.0756 e. The van der Waals surface area contributed by atoms with Gasteiger partial charge in [-0.3, -0.25) is 0 Å². The molecule has 0 radical (unpaired) electrons. The van der Waals surface area contributed by atoms with Crippen molar-refractivity contribution in [3.8, 4) is 11.8 Å². The molecule has 1 aromatic rings. The van der Waals surface area contributed by atoms with Crippen LogP contribution in [0.5, 0.6) is 0 Å². The number of rotatable bonds is 1. The van der Waals surface area contributed by atoms with Crippen molar-refractivity contribution >= 4 is 11.3 Å². The van der Waals surface area contributed by atoms with Gasteiger partial charge < -0.3 is 5.11 Å². The van der Waals surface area contributed by atoms with Gasteiger partial charge in [0.1, 0.15) is 0 Å². The molecule has 0 aromatic carbocycles. The second-order valence-electron chi connectivity index (χ2n) is 4.28. The highest BCUT2D eigenvalue weighted by Gasteiger charge is 2.27. The third-order valence-electron chi connectivity index (χ3n) is 2.96. The first kappa shape index (κ1) is 10.7. The van der Waals surface area contributed by atoms with Crippen LogP contribution in [0.15, 0.2) is 16.8 Å². The molecule has 0 atom stereocenters. The van der Waals surface area contributed by atoms with Crippen molar-refractivity contribution in [3.05, 3.63) is 22.4 Å². The zero-order valence-electron chi connectivity index (χ0n) is 8.83. The van der Waals surface area contributed by atoms with E-state index >= 15 is 0 Å². The van der Waals surface area contributed by atoms with Crippen molar-refractivity contribution in [1.82, 2.24) is 0 Å². The monoisotopic (exact) mass is 220 g/mol. The van der Waals surface area contributed by atoms with Crippen molar-refractivity contribution in [1.29, 1.82) is 0 Å². The first-order valence-electron chi connectivity index (χ1n) is 5.52. The number of thiophene rings is 1. The van der Waals surface area contributed by atoms with Crippen molar-refractivity contribution in [2.45, 2.75) is 44.1 Å². The average molecular weight is 220 g/mol. The Morgan fingerprint density at radius 2 is 2.13 bits per heavy atom. The predicted molar refractivity (Wildman–Crippen MR) is 63.8 cm³/mol. The summed E-state index contributed by atoms with van der Waals surface area (Å²) in [6, 6.07) is 2.02. The third kappa shape index (κ3) is 3.09. The average Bonchev–Trinajstić information content (AvgIpc) is 2.71. The molecule has 1 heterocycles. The molecular formula is C13H16OS. The number of aliphatic hydroxyl groups is 1. The van der Waals surface area contributed by atoms with Gasteiger partial charge in [0.05, 0.1) is 5.60 Å². The number of hydrogen-bond acceptors (Lipinski definition) is 2. The molecule has 1 aliphatic rings. The SMILES string of the molecule is OC1(CC#Cc2ccsc2)CCCCC1. The minimum absolute atomic E-state index is 0.499. The van der Waals surface area contributed by atoms with E-state index in [2.05, 4.69) is 11.8 Å². The van der Waals surface area contributed by atoms with Crippen LogP contribution in [0.2, 0.25) is 0 Å². The van der Waals surface area contributed by atoms with Crippen LogP contribution in [0, 0.1) is 11.8 Å². The first-order chi connectivity index (χ1) is 7.29. The Kier molecular flexibility index (Phi) is 3.45. The summed E-state index contributed by atoms with van der Waals surface area (Å²) in [6.07, 6.45) is 6.03. The van der Waals surface area contributed by atoms with Gasteiger partial charge in [0.15, 0.2) is 0 Å². The fourth-order valence-corrected chi connectivity index (χ4v) is 2.62. The molecule has 0 amide bonds. The predicted octanol–water partition coefficient (Wildman–Crippen LogP) is 3.18. The maximum Gasteiger partial charge on any atom is 0.0756 e. The van der Waals surface area contributed by atoms with E-state index in [1.165, 1.54) is 6.42 Å². The van der Waals surface area contributed by atoms with Gasteiger partial charge in [-0.15, -0.1) is 0 Å². The number of hydrogen-bond donors (Lipinski definition) is 1. The lowest BCUT2D eigenvalue weighted by molar-refractivity contribution is 0.00895. The highest BCUT2D eigenvalue weighted by atomic mass is 32.1. The zero-order chi connectivity index (χ0) is 10.6. The highest BCUT2D eigenvalue weighted by molar-refractivity contribution is 7.08. The Morgan fingerprint density at radius 1 is 1.33 bits per heavy atom. The Balaban J connectivity index is 1.91. The van der Waals surface area contributed by atoms with E-state index in [0.29, 0.717) is 6.42 Å². The van der Waals surface area contributed by atoms with Crippen LogP contribution in [0.4, 0.5) is 0 Å². The third-order valence-corrected chi connectivity index (χ3v) is 3.64. The molecule has 1 aromatic heterocycles. The highest BCUT2D eigenvalue weighted by Crippen LogP contribution is 2.30.